The molecule has 1 fully saturated rings. The molecule has 7 nitrogen and oxygen atoms in total. The highest BCUT2D eigenvalue weighted by atomic mass is 19.1. The molecule has 29 heavy (non-hydrogen) atoms. The van der Waals surface area contributed by atoms with Crippen molar-refractivity contribution in [3.8, 4) is 0 Å². The molecule has 0 radical (unpaired) electrons. The van der Waals surface area contributed by atoms with Gasteiger partial charge in [-0.1, -0.05) is 12.1 Å². The smallest absolute Gasteiger partial charge is 0.154 e. The Morgan fingerprint density at radius 3 is 2.72 bits per heavy atom. The van der Waals surface area contributed by atoms with E-state index in [1.807, 2.05) is 37.3 Å². The average molecular weight is 389 g/mol. The summed E-state index contributed by atoms with van der Waals surface area (Å²) < 4.78 is 13.4. The maximum absolute atomic E-state index is 13.4. The van der Waals surface area contributed by atoms with Crippen LogP contribution in [0.3, 0.4) is 0 Å². The maximum atomic E-state index is 13.4. The van der Waals surface area contributed by atoms with Crippen molar-refractivity contribution in [2.45, 2.75) is 31.8 Å². The third kappa shape index (κ3) is 3.79. The lowest BCUT2D eigenvalue weighted by Gasteiger charge is -2.18. The molecule has 1 unspecified atom stereocenters. The van der Waals surface area contributed by atoms with Crippen LogP contribution in [0.2, 0.25) is 0 Å². The number of anilines is 2. The summed E-state index contributed by atoms with van der Waals surface area (Å²) in [5, 5.41) is 14.9. The molecule has 0 aliphatic heterocycles. The van der Waals surface area contributed by atoms with Gasteiger partial charge in [-0.05, 0) is 44.0 Å². The Morgan fingerprint density at radius 2 is 2.00 bits per heavy atom. The van der Waals surface area contributed by atoms with Crippen LogP contribution >= 0.6 is 0 Å². The number of aromatic amines is 1. The van der Waals surface area contributed by atoms with Gasteiger partial charge in [0.1, 0.15) is 17.7 Å². The SMILES string of the molecule is Cc1cc(Nc2nc(C(NC3CC3)c3ccc(F)cn3)nc3ccccc23)n[nH]1. The summed E-state index contributed by atoms with van der Waals surface area (Å²) in [7, 11) is 0. The number of H-pyrrole nitrogens is 1. The fourth-order valence-electron chi connectivity index (χ4n) is 3.26. The van der Waals surface area contributed by atoms with Crippen molar-refractivity contribution in [2.75, 3.05) is 5.32 Å². The first kappa shape index (κ1) is 17.7. The molecule has 4 aromatic rings. The largest absolute Gasteiger partial charge is 0.323 e. The van der Waals surface area contributed by atoms with Crippen LogP contribution in [0.1, 0.15) is 36.1 Å². The zero-order valence-electron chi connectivity index (χ0n) is 15.9. The first-order valence-electron chi connectivity index (χ1n) is 9.59. The van der Waals surface area contributed by atoms with Gasteiger partial charge >= 0.3 is 0 Å². The van der Waals surface area contributed by atoms with E-state index in [1.165, 1.54) is 12.3 Å². The Morgan fingerprint density at radius 1 is 1.14 bits per heavy atom. The van der Waals surface area contributed by atoms with Crippen LogP contribution in [-0.2, 0) is 0 Å². The van der Waals surface area contributed by atoms with Crippen LogP contribution in [0.4, 0.5) is 16.0 Å². The number of halogens is 1. The molecule has 1 saturated carbocycles. The van der Waals surface area contributed by atoms with E-state index in [-0.39, 0.29) is 11.9 Å². The van der Waals surface area contributed by atoms with E-state index in [4.69, 9.17) is 9.97 Å². The van der Waals surface area contributed by atoms with Crippen molar-refractivity contribution in [1.82, 2.24) is 30.5 Å². The fourth-order valence-corrected chi connectivity index (χ4v) is 3.26. The number of hydrogen-bond acceptors (Lipinski definition) is 6. The zero-order chi connectivity index (χ0) is 19.8. The molecule has 146 valence electrons. The highest BCUT2D eigenvalue weighted by molar-refractivity contribution is 5.90. The van der Waals surface area contributed by atoms with Crippen molar-refractivity contribution in [1.29, 1.82) is 0 Å². The number of nitrogens with zero attached hydrogens (tertiary/aromatic N) is 4. The number of rotatable bonds is 6. The Kier molecular flexibility index (Phi) is 4.40. The molecule has 3 heterocycles. The van der Waals surface area contributed by atoms with Crippen molar-refractivity contribution < 1.29 is 4.39 Å². The number of aryl methyl sites for hydroxylation is 1. The summed E-state index contributed by atoms with van der Waals surface area (Å²) in [5.74, 6) is 1.57. The Hall–Kier alpha value is -3.39. The molecule has 1 atom stereocenters. The van der Waals surface area contributed by atoms with E-state index in [2.05, 4.69) is 25.8 Å². The van der Waals surface area contributed by atoms with Crippen LogP contribution in [0.25, 0.3) is 10.9 Å². The van der Waals surface area contributed by atoms with E-state index >= 15 is 0 Å². The Balaban J connectivity index is 1.60. The van der Waals surface area contributed by atoms with Gasteiger partial charge in [0.05, 0.1) is 17.4 Å². The minimum Gasteiger partial charge on any atom is -0.323 e. The molecule has 0 spiro atoms. The number of aromatic nitrogens is 5. The molecular formula is C21H20FN7. The number of benzene rings is 1. The van der Waals surface area contributed by atoms with Gasteiger partial charge in [-0.15, -0.1) is 0 Å². The van der Waals surface area contributed by atoms with Crippen molar-refractivity contribution in [2.24, 2.45) is 0 Å². The standard InChI is InChI=1S/C21H20FN7/c1-12-10-18(29-28-12)26-20-15-4-2-3-5-16(15)25-21(27-20)19(24-14-7-8-14)17-9-6-13(22)11-23-17/h2-6,9-11,14,19,24H,7-8H2,1H3,(H2,25,26,27,28,29). The summed E-state index contributed by atoms with van der Waals surface area (Å²) >= 11 is 0. The van der Waals surface area contributed by atoms with Gasteiger partial charge in [-0.3, -0.25) is 15.4 Å². The number of hydrogen-bond donors (Lipinski definition) is 3. The van der Waals surface area contributed by atoms with Crippen molar-refractivity contribution in [3.63, 3.8) is 0 Å². The lowest BCUT2D eigenvalue weighted by Crippen LogP contribution is -2.27. The summed E-state index contributed by atoms with van der Waals surface area (Å²) in [6.07, 6.45) is 3.43. The summed E-state index contributed by atoms with van der Waals surface area (Å²) in [4.78, 5) is 13.9. The predicted molar refractivity (Wildman–Crippen MR) is 108 cm³/mol. The fraction of sp³-hybridized carbons (Fsp3) is 0.238. The Bertz CT molecular complexity index is 1150. The van der Waals surface area contributed by atoms with E-state index in [0.717, 1.165) is 29.4 Å². The van der Waals surface area contributed by atoms with E-state index in [9.17, 15) is 4.39 Å². The van der Waals surface area contributed by atoms with Crippen LogP contribution in [-0.4, -0.2) is 31.2 Å². The molecular weight excluding hydrogens is 369 g/mol. The highest BCUT2D eigenvalue weighted by Crippen LogP contribution is 2.30. The van der Waals surface area contributed by atoms with Crippen LogP contribution in [0, 0.1) is 12.7 Å². The van der Waals surface area contributed by atoms with Gasteiger partial charge in [0.2, 0.25) is 0 Å². The number of fused-ring (bicyclic) bond motifs is 1. The lowest BCUT2D eigenvalue weighted by atomic mass is 10.1. The predicted octanol–water partition coefficient (Wildman–Crippen LogP) is 3.78. The zero-order valence-corrected chi connectivity index (χ0v) is 15.9. The molecule has 3 N–H and O–H groups in total. The van der Waals surface area contributed by atoms with Gasteiger partial charge < -0.3 is 5.32 Å². The molecule has 1 aliphatic carbocycles. The number of para-hydroxylation sites is 1. The molecule has 1 aromatic carbocycles. The number of pyridine rings is 1. The first-order chi connectivity index (χ1) is 14.2. The monoisotopic (exact) mass is 389 g/mol. The van der Waals surface area contributed by atoms with Gasteiger partial charge in [0.15, 0.2) is 11.6 Å². The third-order valence-corrected chi connectivity index (χ3v) is 4.86. The Labute approximate surface area is 166 Å². The minimum atomic E-state index is -0.366. The summed E-state index contributed by atoms with van der Waals surface area (Å²) in [6.45, 7) is 1.94. The molecule has 5 rings (SSSR count). The van der Waals surface area contributed by atoms with Gasteiger partial charge in [0.25, 0.3) is 0 Å². The second-order valence-corrected chi connectivity index (χ2v) is 7.28. The topological polar surface area (TPSA) is 91.4 Å². The van der Waals surface area contributed by atoms with Crippen molar-refractivity contribution >= 4 is 22.5 Å². The van der Waals surface area contributed by atoms with Gasteiger partial charge in [-0.25, -0.2) is 14.4 Å². The highest BCUT2D eigenvalue weighted by Gasteiger charge is 2.29. The lowest BCUT2D eigenvalue weighted by molar-refractivity contribution is 0.556. The molecule has 0 saturated heterocycles. The van der Waals surface area contributed by atoms with Crippen molar-refractivity contribution in [3.05, 3.63) is 71.7 Å². The molecule has 0 bridgehead atoms. The summed E-state index contributed by atoms with van der Waals surface area (Å²) in [5.41, 5.74) is 2.46. The quantitative estimate of drug-likeness (QED) is 0.465. The van der Waals surface area contributed by atoms with Crippen LogP contribution in [0.5, 0.6) is 0 Å². The van der Waals surface area contributed by atoms with Gasteiger partial charge in [-0.2, -0.15) is 5.10 Å². The maximum Gasteiger partial charge on any atom is 0.154 e. The van der Waals surface area contributed by atoms with E-state index in [0.29, 0.717) is 29.2 Å². The molecule has 0 amide bonds. The second kappa shape index (κ2) is 7.21. The van der Waals surface area contributed by atoms with E-state index < -0.39 is 0 Å². The van der Waals surface area contributed by atoms with E-state index in [1.54, 1.807) is 6.07 Å². The minimum absolute atomic E-state index is 0.325. The molecule has 1 aliphatic rings. The number of nitrogens with one attached hydrogen (secondary N) is 3. The van der Waals surface area contributed by atoms with Crippen LogP contribution in [0.15, 0.2) is 48.7 Å². The average Bonchev–Trinajstić information content (AvgIpc) is 3.46. The molecule has 8 heteroatoms. The third-order valence-electron chi connectivity index (χ3n) is 4.86. The first-order valence-corrected chi connectivity index (χ1v) is 9.59. The summed E-state index contributed by atoms with van der Waals surface area (Å²) in [6, 6.07) is 12.9. The normalized spacial score (nSPS) is 14.8. The van der Waals surface area contributed by atoms with Gasteiger partial charge in [0, 0.05) is 23.2 Å². The van der Waals surface area contributed by atoms with Crippen LogP contribution < -0.4 is 10.6 Å². The molecule has 3 aromatic heterocycles. The second-order valence-electron chi connectivity index (χ2n) is 7.28.